The van der Waals surface area contributed by atoms with E-state index in [2.05, 4.69) is 20.4 Å². The lowest BCUT2D eigenvalue weighted by molar-refractivity contribution is 0.925. The lowest BCUT2D eigenvalue weighted by Crippen LogP contribution is -2.05. The summed E-state index contributed by atoms with van der Waals surface area (Å²) in [6.07, 6.45) is 0. The molecule has 0 amide bonds. The first-order valence-electron chi connectivity index (χ1n) is 11.6. The fourth-order valence-corrected chi connectivity index (χ4v) is 4.02. The van der Waals surface area contributed by atoms with Gasteiger partial charge in [0.2, 0.25) is 11.6 Å². The van der Waals surface area contributed by atoms with Gasteiger partial charge in [0.05, 0.1) is 0 Å². The smallest absolute Gasteiger partial charge is 0.221 e. The van der Waals surface area contributed by atoms with Crippen molar-refractivity contribution in [1.82, 2.24) is 30.4 Å². The largest absolute Gasteiger partial charge is 0.222 e. The number of aromatic nitrogens is 6. The Morgan fingerprint density at radius 2 is 0.556 bits per heavy atom. The van der Waals surface area contributed by atoms with Gasteiger partial charge >= 0.3 is 0 Å². The van der Waals surface area contributed by atoms with Gasteiger partial charge in [0.15, 0.2) is 0 Å². The zero-order valence-electron chi connectivity index (χ0n) is 19.2. The molecule has 6 nitrogen and oxygen atoms in total. The highest BCUT2D eigenvalue weighted by atomic mass is 15.2. The molecule has 0 atom stereocenters. The van der Waals surface area contributed by atoms with Gasteiger partial charge in [0.25, 0.3) is 0 Å². The molecule has 0 N–H and O–H groups in total. The van der Waals surface area contributed by atoms with Crippen LogP contribution in [0.5, 0.6) is 0 Å². The van der Waals surface area contributed by atoms with E-state index < -0.39 is 0 Å². The Kier molecular flexibility index (Phi) is 5.74. The first kappa shape index (κ1) is 21.4. The Labute approximate surface area is 208 Å². The summed E-state index contributed by atoms with van der Waals surface area (Å²) in [5, 5.41) is 18.0. The molecule has 6 heteroatoms. The molecule has 0 aliphatic carbocycles. The fraction of sp³-hybridized carbons (Fsp3) is 0. The summed E-state index contributed by atoms with van der Waals surface area (Å²) in [6.45, 7) is 0. The lowest BCUT2D eigenvalue weighted by Gasteiger charge is -2.11. The van der Waals surface area contributed by atoms with E-state index in [-0.39, 0.29) is 0 Å². The monoisotopic (exact) mass is 464 g/mol. The maximum Gasteiger partial charge on any atom is 0.222 e. The van der Waals surface area contributed by atoms with E-state index in [0.29, 0.717) is 34.4 Å². The van der Waals surface area contributed by atoms with Crippen LogP contribution in [0.25, 0.3) is 56.7 Å². The molecule has 0 unspecified atom stereocenters. The maximum atomic E-state index is 4.89. The zero-order chi connectivity index (χ0) is 24.2. The number of benzene rings is 4. The van der Waals surface area contributed by atoms with Crippen LogP contribution < -0.4 is 0 Å². The summed E-state index contributed by atoms with van der Waals surface area (Å²) in [6, 6.07) is 39.7. The van der Waals surface area contributed by atoms with Crippen LogP contribution in [0.4, 0.5) is 0 Å². The molecule has 6 rings (SSSR count). The van der Waals surface area contributed by atoms with Crippen LogP contribution in [-0.2, 0) is 0 Å². The van der Waals surface area contributed by atoms with Gasteiger partial charge in [0.1, 0.15) is 22.8 Å². The van der Waals surface area contributed by atoms with Gasteiger partial charge in [-0.05, 0) is 0 Å². The van der Waals surface area contributed by atoms with Crippen LogP contribution in [0, 0.1) is 0 Å². The van der Waals surface area contributed by atoms with Crippen molar-refractivity contribution in [2.75, 3.05) is 0 Å². The second-order valence-electron chi connectivity index (χ2n) is 8.13. The Morgan fingerprint density at radius 1 is 0.278 bits per heavy atom. The Morgan fingerprint density at radius 3 is 0.861 bits per heavy atom. The number of hydrogen-bond donors (Lipinski definition) is 0. The van der Waals surface area contributed by atoms with Crippen molar-refractivity contribution in [3.8, 4) is 56.7 Å². The molecule has 4 aromatic carbocycles. The highest BCUT2D eigenvalue weighted by Gasteiger charge is 2.19. The minimum Gasteiger partial charge on any atom is -0.221 e. The molecule has 0 aliphatic rings. The standard InChI is InChI=1S/C30H20N6/c1-5-13-21(14-6-1)25-27(23-17-9-3-10-18-23)33-35-29(31-25)30-32-26(22-15-7-2-8-16-22)28(34-36-30)24-19-11-4-12-20-24/h1-20H. The van der Waals surface area contributed by atoms with Crippen molar-refractivity contribution in [3.63, 3.8) is 0 Å². The van der Waals surface area contributed by atoms with E-state index >= 15 is 0 Å². The summed E-state index contributed by atoms with van der Waals surface area (Å²) in [5.41, 5.74) is 6.56. The summed E-state index contributed by atoms with van der Waals surface area (Å²) in [7, 11) is 0. The van der Waals surface area contributed by atoms with Crippen molar-refractivity contribution < 1.29 is 0 Å². The van der Waals surface area contributed by atoms with Gasteiger partial charge in [-0.15, -0.1) is 20.4 Å². The van der Waals surface area contributed by atoms with Crippen LogP contribution in [0.3, 0.4) is 0 Å². The molecular weight excluding hydrogens is 444 g/mol. The molecular formula is C30H20N6. The fourth-order valence-electron chi connectivity index (χ4n) is 4.02. The second-order valence-corrected chi connectivity index (χ2v) is 8.13. The van der Waals surface area contributed by atoms with Crippen LogP contribution in [0.15, 0.2) is 121 Å². The third kappa shape index (κ3) is 4.23. The van der Waals surface area contributed by atoms with Crippen LogP contribution in [0.1, 0.15) is 0 Å². The predicted octanol–water partition coefficient (Wildman–Crippen LogP) is 6.39. The highest BCUT2D eigenvalue weighted by Crippen LogP contribution is 2.31. The van der Waals surface area contributed by atoms with E-state index in [1.54, 1.807) is 0 Å². The lowest BCUT2D eigenvalue weighted by atomic mass is 10.0. The molecule has 6 aromatic rings. The van der Waals surface area contributed by atoms with Gasteiger partial charge in [-0.2, -0.15) is 0 Å². The van der Waals surface area contributed by atoms with Gasteiger partial charge in [0, 0.05) is 22.3 Å². The van der Waals surface area contributed by atoms with Crippen LogP contribution in [-0.4, -0.2) is 30.4 Å². The van der Waals surface area contributed by atoms with E-state index in [1.165, 1.54) is 0 Å². The normalized spacial score (nSPS) is 10.8. The Balaban J connectivity index is 1.53. The molecule has 0 fully saturated rings. The van der Waals surface area contributed by atoms with Crippen LogP contribution >= 0.6 is 0 Å². The average Bonchev–Trinajstić information content (AvgIpc) is 2.98. The molecule has 0 bridgehead atoms. The van der Waals surface area contributed by atoms with E-state index in [1.807, 2.05) is 121 Å². The number of hydrogen-bond acceptors (Lipinski definition) is 6. The summed E-state index contributed by atoms with van der Waals surface area (Å²) >= 11 is 0. The highest BCUT2D eigenvalue weighted by molar-refractivity contribution is 5.80. The molecule has 0 saturated carbocycles. The molecule has 0 radical (unpaired) electrons. The molecule has 0 saturated heterocycles. The predicted molar refractivity (Wildman–Crippen MR) is 140 cm³/mol. The van der Waals surface area contributed by atoms with Crippen molar-refractivity contribution in [2.24, 2.45) is 0 Å². The quantitative estimate of drug-likeness (QED) is 0.294. The molecule has 36 heavy (non-hydrogen) atoms. The first-order chi connectivity index (χ1) is 17.9. The van der Waals surface area contributed by atoms with Crippen molar-refractivity contribution in [1.29, 1.82) is 0 Å². The molecule has 0 aliphatic heterocycles. The minimum atomic E-state index is 0.317. The van der Waals surface area contributed by atoms with Crippen LogP contribution in [0.2, 0.25) is 0 Å². The Bertz CT molecular complexity index is 1480. The third-order valence-corrected chi connectivity index (χ3v) is 5.76. The second kappa shape index (κ2) is 9.64. The third-order valence-electron chi connectivity index (χ3n) is 5.76. The molecule has 0 spiro atoms. The SMILES string of the molecule is c1ccc(-c2nnc(-c3nnc(-c4ccccc4)c(-c4ccccc4)n3)nc2-c2ccccc2)cc1. The van der Waals surface area contributed by atoms with Crippen molar-refractivity contribution >= 4 is 0 Å². The van der Waals surface area contributed by atoms with E-state index in [9.17, 15) is 0 Å². The molecule has 2 aromatic heterocycles. The minimum absolute atomic E-state index is 0.317. The van der Waals surface area contributed by atoms with E-state index in [0.717, 1.165) is 22.3 Å². The number of nitrogens with zero attached hydrogens (tertiary/aromatic N) is 6. The van der Waals surface area contributed by atoms with E-state index in [4.69, 9.17) is 9.97 Å². The van der Waals surface area contributed by atoms with Gasteiger partial charge in [-0.1, -0.05) is 121 Å². The van der Waals surface area contributed by atoms with Gasteiger partial charge in [-0.25, -0.2) is 9.97 Å². The summed E-state index contributed by atoms with van der Waals surface area (Å²) in [4.78, 5) is 9.78. The summed E-state index contributed by atoms with van der Waals surface area (Å²) in [5.74, 6) is 0.635. The first-order valence-corrected chi connectivity index (χ1v) is 11.6. The van der Waals surface area contributed by atoms with Gasteiger partial charge < -0.3 is 0 Å². The summed E-state index contributed by atoms with van der Waals surface area (Å²) < 4.78 is 0. The Hall–Kier alpha value is -5.10. The molecule has 170 valence electrons. The molecule has 2 heterocycles. The number of rotatable bonds is 5. The van der Waals surface area contributed by atoms with Crippen molar-refractivity contribution in [2.45, 2.75) is 0 Å². The zero-order valence-corrected chi connectivity index (χ0v) is 19.2. The van der Waals surface area contributed by atoms with Crippen molar-refractivity contribution in [3.05, 3.63) is 121 Å². The average molecular weight is 465 g/mol. The topological polar surface area (TPSA) is 77.3 Å². The van der Waals surface area contributed by atoms with Gasteiger partial charge in [-0.3, -0.25) is 0 Å². The maximum absolute atomic E-state index is 4.89.